The van der Waals surface area contributed by atoms with Crippen molar-refractivity contribution in [2.75, 3.05) is 5.32 Å². The summed E-state index contributed by atoms with van der Waals surface area (Å²) < 4.78 is 1.42. The van der Waals surface area contributed by atoms with Crippen LogP contribution in [0, 0.1) is 0 Å². The normalized spacial score (nSPS) is 11.7. The zero-order valence-corrected chi connectivity index (χ0v) is 19.1. The van der Waals surface area contributed by atoms with Gasteiger partial charge in [0, 0.05) is 29.1 Å². The van der Waals surface area contributed by atoms with Crippen molar-refractivity contribution in [2.45, 2.75) is 6.04 Å². The molecule has 4 aromatic rings. The summed E-state index contributed by atoms with van der Waals surface area (Å²) in [7, 11) is 0. The highest BCUT2D eigenvalue weighted by atomic mass is 35.5. The Bertz CT molecular complexity index is 1410. The van der Waals surface area contributed by atoms with Crippen LogP contribution in [0.4, 0.5) is 5.95 Å². The number of nitrogens with one attached hydrogen (secondary N) is 2. The van der Waals surface area contributed by atoms with Crippen LogP contribution < -0.4 is 10.6 Å². The molecule has 180 valence electrons. The minimum Gasteiger partial charge on any atom is -0.478 e. The summed E-state index contributed by atoms with van der Waals surface area (Å²) >= 11 is 6.11. The van der Waals surface area contributed by atoms with Crippen molar-refractivity contribution >= 4 is 41.4 Å². The van der Waals surface area contributed by atoms with Crippen LogP contribution in [0.1, 0.15) is 27.5 Å². The lowest BCUT2D eigenvalue weighted by molar-refractivity contribution is -0.124. The average Bonchev–Trinajstić information content (AvgIpc) is 3.41. The van der Waals surface area contributed by atoms with E-state index < -0.39 is 23.8 Å². The second kappa shape index (κ2) is 11.0. The van der Waals surface area contributed by atoms with Crippen molar-refractivity contribution in [2.24, 2.45) is 0 Å². The number of hydrogen-bond donors (Lipinski definition) is 3. The van der Waals surface area contributed by atoms with Gasteiger partial charge in [-0.15, -0.1) is 5.10 Å². The summed E-state index contributed by atoms with van der Waals surface area (Å²) in [5.41, 5.74) is 1.54. The number of anilines is 1. The van der Waals surface area contributed by atoms with Crippen LogP contribution in [0.2, 0.25) is 5.02 Å². The minimum absolute atomic E-state index is 0.110. The van der Waals surface area contributed by atoms with Crippen molar-refractivity contribution < 1.29 is 19.5 Å². The third-order valence-corrected chi connectivity index (χ3v) is 5.05. The maximum atomic E-state index is 13.0. The molecule has 0 radical (unpaired) electrons. The SMILES string of the molecule is O=C(/C=C/c1cc(Cl)ccc1-n1cnnn1)N[C@H](C(=O)Nc1ncc(C(=O)O)cn1)c1ccccc1. The Morgan fingerprint density at radius 2 is 1.81 bits per heavy atom. The Morgan fingerprint density at radius 1 is 1.06 bits per heavy atom. The van der Waals surface area contributed by atoms with E-state index in [1.54, 1.807) is 48.5 Å². The smallest absolute Gasteiger partial charge is 0.338 e. The van der Waals surface area contributed by atoms with Crippen molar-refractivity contribution in [3.63, 3.8) is 0 Å². The van der Waals surface area contributed by atoms with Gasteiger partial charge in [0.15, 0.2) is 0 Å². The van der Waals surface area contributed by atoms with Crippen molar-refractivity contribution in [1.82, 2.24) is 35.5 Å². The number of carbonyl (C=O) groups excluding carboxylic acids is 2. The third-order valence-electron chi connectivity index (χ3n) is 4.82. The maximum Gasteiger partial charge on any atom is 0.338 e. The molecule has 0 aliphatic rings. The largest absolute Gasteiger partial charge is 0.478 e. The van der Waals surface area contributed by atoms with E-state index in [0.29, 0.717) is 21.8 Å². The number of hydrogen-bond acceptors (Lipinski definition) is 8. The van der Waals surface area contributed by atoms with E-state index in [1.807, 2.05) is 0 Å². The molecule has 2 aromatic heterocycles. The molecule has 13 heteroatoms. The summed E-state index contributed by atoms with van der Waals surface area (Å²) in [5, 5.41) is 25.6. The number of amides is 2. The summed E-state index contributed by atoms with van der Waals surface area (Å²) in [4.78, 5) is 44.5. The molecule has 3 N–H and O–H groups in total. The first kappa shape index (κ1) is 24.2. The lowest BCUT2D eigenvalue weighted by Gasteiger charge is -2.17. The second-order valence-corrected chi connectivity index (χ2v) is 7.67. The highest BCUT2D eigenvalue weighted by molar-refractivity contribution is 6.30. The molecule has 12 nitrogen and oxygen atoms in total. The zero-order valence-electron chi connectivity index (χ0n) is 18.3. The van der Waals surface area contributed by atoms with Gasteiger partial charge in [0.1, 0.15) is 12.4 Å². The van der Waals surface area contributed by atoms with E-state index in [0.717, 1.165) is 12.4 Å². The van der Waals surface area contributed by atoms with Gasteiger partial charge < -0.3 is 10.4 Å². The van der Waals surface area contributed by atoms with E-state index in [4.69, 9.17) is 16.7 Å². The summed E-state index contributed by atoms with van der Waals surface area (Å²) in [6, 6.07) is 12.5. The van der Waals surface area contributed by atoms with Crippen molar-refractivity contribution in [1.29, 1.82) is 0 Å². The first-order valence-electron chi connectivity index (χ1n) is 10.3. The molecule has 0 spiro atoms. The van der Waals surface area contributed by atoms with Gasteiger partial charge in [-0.25, -0.2) is 14.8 Å². The average molecular weight is 505 g/mol. The molecular formula is C23H17ClN8O4. The van der Waals surface area contributed by atoms with Crippen LogP contribution in [0.25, 0.3) is 11.8 Å². The molecule has 0 aliphatic heterocycles. The van der Waals surface area contributed by atoms with Gasteiger partial charge in [-0.2, -0.15) is 4.68 Å². The number of carbonyl (C=O) groups is 3. The van der Waals surface area contributed by atoms with Gasteiger partial charge in [0.05, 0.1) is 11.3 Å². The van der Waals surface area contributed by atoms with Crippen LogP contribution in [0.3, 0.4) is 0 Å². The predicted octanol–water partition coefficient (Wildman–Crippen LogP) is 2.31. The number of carboxylic acids is 1. The highest BCUT2D eigenvalue weighted by Gasteiger charge is 2.23. The fourth-order valence-corrected chi connectivity index (χ4v) is 3.31. The topological polar surface area (TPSA) is 165 Å². The van der Waals surface area contributed by atoms with Crippen LogP contribution >= 0.6 is 11.6 Å². The van der Waals surface area contributed by atoms with Gasteiger partial charge >= 0.3 is 5.97 Å². The molecule has 1 atom stereocenters. The fourth-order valence-electron chi connectivity index (χ4n) is 3.13. The number of carboxylic acid groups (broad SMARTS) is 1. The van der Waals surface area contributed by atoms with Crippen LogP contribution in [0.15, 0.2) is 73.3 Å². The number of benzene rings is 2. The number of halogens is 1. The standard InChI is InChI=1S/C23H17ClN8O4/c24-17-7-8-18(32-13-27-30-31-32)15(10-17)6-9-19(33)28-20(14-4-2-1-3-5-14)21(34)29-23-25-11-16(12-26-23)22(35)36/h1-13,20H,(H,28,33)(H,35,36)(H,25,26,29,34)/b9-6+/t20-/m0/s1. The van der Waals surface area contributed by atoms with Crippen LogP contribution in [-0.4, -0.2) is 53.1 Å². The van der Waals surface area contributed by atoms with Gasteiger partial charge in [-0.1, -0.05) is 41.9 Å². The molecule has 0 saturated carbocycles. The molecule has 2 aromatic carbocycles. The van der Waals surface area contributed by atoms with Gasteiger partial charge in [-0.3, -0.25) is 14.9 Å². The van der Waals surface area contributed by atoms with E-state index in [9.17, 15) is 14.4 Å². The van der Waals surface area contributed by atoms with Crippen LogP contribution in [0.5, 0.6) is 0 Å². The van der Waals surface area contributed by atoms with E-state index >= 15 is 0 Å². The first-order valence-corrected chi connectivity index (χ1v) is 10.7. The Morgan fingerprint density at radius 3 is 2.47 bits per heavy atom. The number of aromatic carboxylic acids is 1. The molecule has 2 amide bonds. The van der Waals surface area contributed by atoms with Crippen LogP contribution in [-0.2, 0) is 9.59 Å². The Labute approximate surface area is 208 Å². The van der Waals surface area contributed by atoms with Gasteiger partial charge in [0.2, 0.25) is 11.9 Å². The molecule has 0 saturated heterocycles. The Balaban J connectivity index is 1.54. The lowest BCUT2D eigenvalue weighted by Crippen LogP contribution is -2.36. The van der Waals surface area contributed by atoms with Crippen molar-refractivity contribution in [3.8, 4) is 5.69 Å². The Hall–Kier alpha value is -4.97. The molecule has 0 fully saturated rings. The quantitative estimate of drug-likeness (QED) is 0.305. The highest BCUT2D eigenvalue weighted by Crippen LogP contribution is 2.21. The molecule has 0 aliphatic carbocycles. The minimum atomic E-state index is -1.20. The molecule has 4 rings (SSSR count). The molecule has 0 unspecified atom stereocenters. The number of aromatic nitrogens is 6. The number of nitrogens with zero attached hydrogens (tertiary/aromatic N) is 6. The number of rotatable bonds is 8. The maximum absolute atomic E-state index is 13.0. The molecular weight excluding hydrogens is 488 g/mol. The van der Waals surface area contributed by atoms with Crippen molar-refractivity contribution in [3.05, 3.63) is 95.0 Å². The molecule has 36 heavy (non-hydrogen) atoms. The first-order chi connectivity index (χ1) is 17.4. The Kier molecular flexibility index (Phi) is 7.36. The summed E-state index contributed by atoms with van der Waals surface area (Å²) in [6.45, 7) is 0. The fraction of sp³-hybridized carbons (Fsp3) is 0.0435. The lowest BCUT2D eigenvalue weighted by atomic mass is 10.1. The van der Waals surface area contributed by atoms with E-state index in [-0.39, 0.29) is 11.5 Å². The second-order valence-electron chi connectivity index (χ2n) is 7.23. The van der Waals surface area contributed by atoms with Gasteiger partial charge in [-0.05, 0) is 40.3 Å². The summed E-state index contributed by atoms with van der Waals surface area (Å²) in [5.74, 6) is -2.50. The third kappa shape index (κ3) is 5.93. The van der Waals surface area contributed by atoms with E-state index in [2.05, 4.69) is 36.1 Å². The van der Waals surface area contributed by atoms with Gasteiger partial charge in [0.25, 0.3) is 5.91 Å². The summed E-state index contributed by atoms with van der Waals surface area (Å²) in [6.07, 6.45) is 6.31. The zero-order chi connectivity index (χ0) is 25.5. The number of tetrazole rings is 1. The predicted molar refractivity (Wildman–Crippen MR) is 128 cm³/mol. The molecule has 0 bridgehead atoms. The molecule has 2 heterocycles. The van der Waals surface area contributed by atoms with E-state index in [1.165, 1.54) is 23.2 Å². The monoisotopic (exact) mass is 504 g/mol.